The highest BCUT2D eigenvalue weighted by Crippen LogP contribution is 2.08. The normalized spacial score (nSPS) is 14.9. The van der Waals surface area contributed by atoms with E-state index in [1.54, 1.807) is 0 Å². The molecule has 15 heavy (non-hydrogen) atoms. The molecule has 2 nitrogen and oxygen atoms in total. The number of pyridine rings is 1. The lowest BCUT2D eigenvalue weighted by Gasteiger charge is -2.10. The molecule has 0 saturated heterocycles. The van der Waals surface area contributed by atoms with E-state index in [2.05, 4.69) is 34.6 Å². The van der Waals surface area contributed by atoms with Crippen LogP contribution in [0.5, 0.6) is 0 Å². The van der Waals surface area contributed by atoms with Crippen LogP contribution in [0.4, 0.5) is 0 Å². The van der Waals surface area contributed by atoms with Crippen LogP contribution in [0.25, 0.3) is 0 Å². The van der Waals surface area contributed by atoms with E-state index in [0.29, 0.717) is 0 Å². The predicted octanol–water partition coefficient (Wildman–Crippen LogP) is 2.71. The molecule has 0 radical (unpaired) electrons. The number of nitrogens with one attached hydrogen (secondary N) is 1. The lowest BCUT2D eigenvalue weighted by molar-refractivity contribution is 0.807. The Labute approximate surface area is 90.7 Å². The average molecular weight is 200 g/mol. The highest BCUT2D eigenvalue weighted by Gasteiger charge is 1.97. The second-order valence-corrected chi connectivity index (χ2v) is 3.80. The molecule has 1 aliphatic carbocycles. The van der Waals surface area contributed by atoms with Crippen LogP contribution in [0.15, 0.2) is 42.3 Å². The van der Waals surface area contributed by atoms with Crippen LogP contribution in [-0.4, -0.2) is 4.98 Å². The van der Waals surface area contributed by atoms with Crippen molar-refractivity contribution in [2.45, 2.75) is 26.3 Å². The molecule has 2 rings (SSSR count). The third-order valence-corrected chi connectivity index (χ3v) is 2.46. The SMILES string of the molecule is Cc1ccc(CNC2=CCCC=C2)cn1. The molecule has 1 heterocycles. The zero-order chi connectivity index (χ0) is 10.5. The molecular weight excluding hydrogens is 184 g/mol. The second-order valence-electron chi connectivity index (χ2n) is 3.80. The second kappa shape index (κ2) is 4.78. The summed E-state index contributed by atoms with van der Waals surface area (Å²) in [6, 6.07) is 4.16. The molecule has 0 aliphatic heterocycles. The Balaban J connectivity index is 1.90. The molecular formula is C13H16N2. The molecule has 0 atom stereocenters. The minimum atomic E-state index is 0.851. The monoisotopic (exact) mass is 200 g/mol. The summed E-state index contributed by atoms with van der Waals surface area (Å²) >= 11 is 0. The van der Waals surface area contributed by atoms with Gasteiger partial charge in [0.1, 0.15) is 0 Å². The molecule has 0 bridgehead atoms. The van der Waals surface area contributed by atoms with Gasteiger partial charge in [-0.1, -0.05) is 18.2 Å². The van der Waals surface area contributed by atoms with Gasteiger partial charge in [-0.2, -0.15) is 0 Å². The molecule has 78 valence electrons. The Morgan fingerprint density at radius 3 is 2.93 bits per heavy atom. The average Bonchev–Trinajstić information content (AvgIpc) is 2.30. The number of hydrogen-bond donors (Lipinski definition) is 1. The lowest BCUT2D eigenvalue weighted by Crippen LogP contribution is -2.12. The quantitative estimate of drug-likeness (QED) is 0.811. The zero-order valence-corrected chi connectivity index (χ0v) is 9.03. The fourth-order valence-corrected chi connectivity index (χ4v) is 1.55. The molecule has 1 aliphatic rings. The molecule has 1 aromatic heterocycles. The maximum atomic E-state index is 4.27. The highest BCUT2D eigenvalue weighted by molar-refractivity contribution is 5.22. The van der Waals surface area contributed by atoms with Gasteiger partial charge in [0.05, 0.1) is 0 Å². The molecule has 0 saturated carbocycles. The van der Waals surface area contributed by atoms with Crippen LogP contribution in [0.2, 0.25) is 0 Å². The van der Waals surface area contributed by atoms with E-state index in [1.807, 2.05) is 19.2 Å². The van der Waals surface area contributed by atoms with E-state index >= 15 is 0 Å². The Morgan fingerprint density at radius 1 is 1.33 bits per heavy atom. The minimum absolute atomic E-state index is 0.851. The number of aromatic nitrogens is 1. The summed E-state index contributed by atoms with van der Waals surface area (Å²) in [6.07, 6.45) is 10.8. The molecule has 0 amide bonds. The van der Waals surface area contributed by atoms with Crippen molar-refractivity contribution >= 4 is 0 Å². The summed E-state index contributed by atoms with van der Waals surface area (Å²) in [5.74, 6) is 0. The van der Waals surface area contributed by atoms with E-state index in [-0.39, 0.29) is 0 Å². The van der Waals surface area contributed by atoms with Gasteiger partial charge in [-0.15, -0.1) is 0 Å². The van der Waals surface area contributed by atoms with Crippen molar-refractivity contribution in [3.05, 3.63) is 53.5 Å². The molecule has 0 unspecified atom stereocenters. The summed E-state index contributed by atoms with van der Waals surface area (Å²) in [5.41, 5.74) is 3.51. The van der Waals surface area contributed by atoms with Crippen LogP contribution in [0.3, 0.4) is 0 Å². The van der Waals surface area contributed by atoms with Gasteiger partial charge in [0.2, 0.25) is 0 Å². The van der Waals surface area contributed by atoms with Gasteiger partial charge >= 0.3 is 0 Å². The predicted molar refractivity (Wildman–Crippen MR) is 62.3 cm³/mol. The van der Waals surface area contributed by atoms with Crippen LogP contribution >= 0.6 is 0 Å². The first-order valence-electron chi connectivity index (χ1n) is 5.37. The van der Waals surface area contributed by atoms with E-state index in [1.165, 1.54) is 11.3 Å². The van der Waals surface area contributed by atoms with Crippen molar-refractivity contribution in [1.82, 2.24) is 10.3 Å². The number of hydrogen-bond acceptors (Lipinski definition) is 2. The van der Waals surface area contributed by atoms with Crippen molar-refractivity contribution in [2.75, 3.05) is 0 Å². The Bertz CT molecular complexity index is 374. The zero-order valence-electron chi connectivity index (χ0n) is 9.03. The van der Waals surface area contributed by atoms with Crippen molar-refractivity contribution in [3.63, 3.8) is 0 Å². The van der Waals surface area contributed by atoms with E-state index in [9.17, 15) is 0 Å². The number of allylic oxidation sites excluding steroid dienone is 3. The molecule has 1 N–H and O–H groups in total. The fraction of sp³-hybridized carbons (Fsp3) is 0.308. The summed E-state index contributed by atoms with van der Waals surface area (Å²) in [7, 11) is 0. The molecule has 0 spiro atoms. The van der Waals surface area contributed by atoms with Gasteiger partial charge in [0.15, 0.2) is 0 Å². The van der Waals surface area contributed by atoms with Gasteiger partial charge in [0.25, 0.3) is 0 Å². The fourth-order valence-electron chi connectivity index (χ4n) is 1.55. The van der Waals surface area contributed by atoms with Gasteiger partial charge in [-0.05, 0) is 37.5 Å². The van der Waals surface area contributed by atoms with Crippen molar-refractivity contribution in [3.8, 4) is 0 Å². The van der Waals surface area contributed by atoms with Crippen LogP contribution < -0.4 is 5.32 Å². The summed E-state index contributed by atoms with van der Waals surface area (Å²) in [4.78, 5) is 4.27. The Kier molecular flexibility index (Phi) is 3.18. The maximum absolute atomic E-state index is 4.27. The Morgan fingerprint density at radius 2 is 2.27 bits per heavy atom. The standard InChI is InChI=1S/C13H16N2/c1-11-7-8-12(9-14-11)10-15-13-5-3-2-4-6-13/h3,5-9,15H,2,4,10H2,1H3. The maximum Gasteiger partial charge on any atom is 0.0415 e. The number of aryl methyl sites for hydroxylation is 1. The number of rotatable bonds is 3. The van der Waals surface area contributed by atoms with Crippen LogP contribution in [0, 0.1) is 6.92 Å². The minimum Gasteiger partial charge on any atom is -0.381 e. The topological polar surface area (TPSA) is 24.9 Å². The molecule has 2 heteroatoms. The van der Waals surface area contributed by atoms with Crippen LogP contribution in [-0.2, 0) is 6.54 Å². The van der Waals surface area contributed by atoms with Crippen LogP contribution in [0.1, 0.15) is 24.1 Å². The summed E-state index contributed by atoms with van der Waals surface area (Å²) < 4.78 is 0. The summed E-state index contributed by atoms with van der Waals surface area (Å²) in [6.45, 7) is 2.85. The lowest BCUT2D eigenvalue weighted by atomic mass is 10.1. The largest absolute Gasteiger partial charge is 0.381 e. The van der Waals surface area contributed by atoms with Crippen molar-refractivity contribution in [2.24, 2.45) is 0 Å². The van der Waals surface area contributed by atoms with Crippen molar-refractivity contribution in [1.29, 1.82) is 0 Å². The molecule has 0 fully saturated rings. The number of nitrogens with zero attached hydrogens (tertiary/aromatic N) is 1. The van der Waals surface area contributed by atoms with Gasteiger partial charge < -0.3 is 5.32 Å². The van der Waals surface area contributed by atoms with Gasteiger partial charge in [-0.3, -0.25) is 4.98 Å². The van der Waals surface area contributed by atoms with Crippen molar-refractivity contribution < 1.29 is 0 Å². The third-order valence-electron chi connectivity index (χ3n) is 2.46. The molecule has 1 aromatic rings. The van der Waals surface area contributed by atoms with E-state index < -0.39 is 0 Å². The van der Waals surface area contributed by atoms with Gasteiger partial charge in [0, 0.05) is 24.1 Å². The smallest absolute Gasteiger partial charge is 0.0415 e. The Hall–Kier alpha value is -1.57. The third kappa shape index (κ3) is 2.94. The van der Waals surface area contributed by atoms with E-state index in [0.717, 1.165) is 25.1 Å². The molecule has 0 aromatic carbocycles. The first kappa shape index (κ1) is 9.97. The first-order valence-corrected chi connectivity index (χ1v) is 5.37. The van der Waals surface area contributed by atoms with E-state index in [4.69, 9.17) is 0 Å². The highest BCUT2D eigenvalue weighted by atomic mass is 14.9. The summed E-state index contributed by atoms with van der Waals surface area (Å²) in [5, 5.41) is 3.39. The first-order chi connectivity index (χ1) is 7.34. The van der Waals surface area contributed by atoms with Gasteiger partial charge in [-0.25, -0.2) is 0 Å².